The SMILES string of the molecule is O=S(=O)(c1ccc(OC(F)(F)F)cc1)N1CCC(COCc2ccccc2)CC1. The van der Waals surface area contributed by atoms with Gasteiger partial charge in [0.25, 0.3) is 0 Å². The van der Waals surface area contributed by atoms with Crippen molar-refractivity contribution in [3.63, 3.8) is 0 Å². The minimum absolute atomic E-state index is 0.0502. The minimum atomic E-state index is -4.81. The van der Waals surface area contributed by atoms with Gasteiger partial charge in [-0.05, 0) is 48.6 Å². The summed E-state index contributed by atoms with van der Waals surface area (Å²) in [7, 11) is -3.75. The van der Waals surface area contributed by atoms with Gasteiger partial charge >= 0.3 is 6.36 Å². The number of piperidine rings is 1. The van der Waals surface area contributed by atoms with E-state index in [1.165, 1.54) is 4.31 Å². The third-order valence-corrected chi connectivity index (χ3v) is 6.65. The molecular formula is C20H22F3NO4S. The van der Waals surface area contributed by atoms with E-state index in [1.54, 1.807) is 0 Å². The molecule has 0 unspecified atom stereocenters. The topological polar surface area (TPSA) is 55.8 Å². The molecule has 0 atom stereocenters. The van der Waals surface area contributed by atoms with Crippen LogP contribution in [0.5, 0.6) is 5.75 Å². The van der Waals surface area contributed by atoms with Crippen LogP contribution in [-0.2, 0) is 21.4 Å². The predicted molar refractivity (Wildman–Crippen MR) is 101 cm³/mol. The molecule has 9 heteroatoms. The van der Waals surface area contributed by atoms with Crippen molar-refractivity contribution in [3.8, 4) is 5.75 Å². The molecule has 1 aliphatic rings. The van der Waals surface area contributed by atoms with Crippen molar-refractivity contribution >= 4 is 10.0 Å². The van der Waals surface area contributed by atoms with E-state index in [9.17, 15) is 21.6 Å². The summed E-state index contributed by atoms with van der Waals surface area (Å²) < 4.78 is 73.0. The highest BCUT2D eigenvalue weighted by Crippen LogP contribution is 2.27. The summed E-state index contributed by atoms with van der Waals surface area (Å²) in [6, 6.07) is 14.1. The van der Waals surface area contributed by atoms with Crippen LogP contribution >= 0.6 is 0 Å². The van der Waals surface area contributed by atoms with Crippen LogP contribution in [0.25, 0.3) is 0 Å². The van der Waals surface area contributed by atoms with Crippen molar-refractivity contribution in [2.24, 2.45) is 5.92 Å². The number of rotatable bonds is 7. The first-order chi connectivity index (χ1) is 13.7. The number of hydrogen-bond donors (Lipinski definition) is 0. The Morgan fingerprint density at radius 3 is 2.17 bits per heavy atom. The van der Waals surface area contributed by atoms with Gasteiger partial charge in [-0.2, -0.15) is 4.31 Å². The van der Waals surface area contributed by atoms with Crippen LogP contribution in [0, 0.1) is 5.92 Å². The highest BCUT2D eigenvalue weighted by Gasteiger charge is 2.32. The van der Waals surface area contributed by atoms with Crippen LogP contribution < -0.4 is 4.74 Å². The molecule has 1 saturated heterocycles. The second-order valence-electron chi connectivity index (χ2n) is 6.87. The van der Waals surface area contributed by atoms with Gasteiger partial charge in [0.05, 0.1) is 11.5 Å². The van der Waals surface area contributed by atoms with Crippen LogP contribution in [0.4, 0.5) is 13.2 Å². The minimum Gasteiger partial charge on any atom is -0.406 e. The van der Waals surface area contributed by atoms with Crippen molar-refractivity contribution in [2.45, 2.75) is 30.7 Å². The van der Waals surface area contributed by atoms with Crippen molar-refractivity contribution < 1.29 is 31.1 Å². The fourth-order valence-electron chi connectivity index (χ4n) is 3.20. The molecule has 29 heavy (non-hydrogen) atoms. The van der Waals surface area contributed by atoms with Crippen LogP contribution in [-0.4, -0.2) is 38.8 Å². The summed E-state index contributed by atoms with van der Waals surface area (Å²) in [6.07, 6.45) is -3.47. The molecule has 0 aliphatic carbocycles. The third kappa shape index (κ3) is 6.19. The lowest BCUT2D eigenvalue weighted by molar-refractivity contribution is -0.274. The van der Waals surface area contributed by atoms with Gasteiger partial charge in [0, 0.05) is 19.7 Å². The largest absolute Gasteiger partial charge is 0.573 e. The maximum atomic E-state index is 12.7. The number of ether oxygens (including phenoxy) is 2. The highest BCUT2D eigenvalue weighted by atomic mass is 32.2. The van der Waals surface area contributed by atoms with Gasteiger partial charge in [0.2, 0.25) is 10.0 Å². The first-order valence-electron chi connectivity index (χ1n) is 9.22. The molecule has 0 spiro atoms. The van der Waals surface area contributed by atoms with Crippen LogP contribution in [0.3, 0.4) is 0 Å². The lowest BCUT2D eigenvalue weighted by atomic mass is 9.99. The molecule has 1 fully saturated rings. The van der Waals surface area contributed by atoms with Gasteiger partial charge in [-0.15, -0.1) is 13.2 Å². The summed E-state index contributed by atoms with van der Waals surface area (Å²) >= 11 is 0. The summed E-state index contributed by atoms with van der Waals surface area (Å²) in [6.45, 7) is 1.78. The predicted octanol–water partition coefficient (Wildman–Crippen LogP) is 4.20. The van der Waals surface area contributed by atoms with Crippen molar-refractivity contribution in [2.75, 3.05) is 19.7 Å². The Bertz CT molecular complexity index is 878. The summed E-state index contributed by atoms with van der Waals surface area (Å²) in [4.78, 5) is -0.0502. The van der Waals surface area contributed by atoms with Gasteiger partial charge in [-0.3, -0.25) is 0 Å². The molecular weight excluding hydrogens is 407 g/mol. The average molecular weight is 429 g/mol. The number of alkyl halides is 3. The molecule has 0 radical (unpaired) electrons. The van der Waals surface area contributed by atoms with Crippen LogP contribution in [0.1, 0.15) is 18.4 Å². The van der Waals surface area contributed by atoms with E-state index >= 15 is 0 Å². The lowest BCUT2D eigenvalue weighted by Gasteiger charge is -2.31. The van der Waals surface area contributed by atoms with E-state index in [1.807, 2.05) is 30.3 Å². The Morgan fingerprint density at radius 2 is 1.59 bits per heavy atom. The molecule has 3 rings (SSSR count). The van der Waals surface area contributed by atoms with Gasteiger partial charge in [0.15, 0.2) is 0 Å². The van der Waals surface area contributed by atoms with E-state index < -0.39 is 22.1 Å². The smallest absolute Gasteiger partial charge is 0.406 e. The molecule has 0 amide bonds. The standard InChI is InChI=1S/C20H22F3NO4S/c21-20(22,23)28-18-6-8-19(9-7-18)29(25,26)24-12-10-17(11-13-24)15-27-14-16-4-2-1-3-5-16/h1-9,17H,10-15H2. The fraction of sp³-hybridized carbons (Fsp3) is 0.400. The molecule has 0 bridgehead atoms. The van der Waals surface area contributed by atoms with E-state index in [0.717, 1.165) is 29.8 Å². The molecule has 1 aliphatic heterocycles. The average Bonchev–Trinajstić information content (AvgIpc) is 2.68. The van der Waals surface area contributed by atoms with E-state index in [4.69, 9.17) is 4.74 Å². The Labute approximate surface area is 168 Å². The van der Waals surface area contributed by atoms with E-state index in [0.29, 0.717) is 39.1 Å². The molecule has 158 valence electrons. The third-order valence-electron chi connectivity index (χ3n) is 4.73. The zero-order valence-electron chi connectivity index (χ0n) is 15.6. The summed E-state index contributed by atoms with van der Waals surface area (Å²) in [5.41, 5.74) is 1.09. The van der Waals surface area contributed by atoms with E-state index in [-0.39, 0.29) is 10.8 Å². The Balaban J connectivity index is 1.50. The lowest BCUT2D eigenvalue weighted by Crippen LogP contribution is -2.39. The highest BCUT2D eigenvalue weighted by molar-refractivity contribution is 7.89. The summed E-state index contributed by atoms with van der Waals surface area (Å²) in [5, 5.41) is 0. The van der Waals surface area contributed by atoms with Gasteiger partial charge < -0.3 is 9.47 Å². The van der Waals surface area contributed by atoms with Crippen LogP contribution in [0.15, 0.2) is 59.5 Å². The van der Waals surface area contributed by atoms with Gasteiger partial charge in [-0.25, -0.2) is 8.42 Å². The second kappa shape index (κ2) is 9.15. The summed E-state index contributed by atoms with van der Waals surface area (Å²) in [5.74, 6) is -0.182. The number of benzene rings is 2. The maximum absolute atomic E-state index is 12.7. The first-order valence-corrected chi connectivity index (χ1v) is 10.7. The first kappa shape index (κ1) is 21.6. The van der Waals surface area contributed by atoms with Crippen LogP contribution in [0.2, 0.25) is 0 Å². The number of halogens is 3. The number of nitrogens with zero attached hydrogens (tertiary/aromatic N) is 1. The van der Waals surface area contributed by atoms with E-state index in [2.05, 4.69) is 4.74 Å². The molecule has 2 aromatic carbocycles. The zero-order valence-corrected chi connectivity index (χ0v) is 16.5. The quantitative estimate of drug-likeness (QED) is 0.662. The van der Waals surface area contributed by atoms with Gasteiger partial charge in [0.1, 0.15) is 5.75 Å². The van der Waals surface area contributed by atoms with Crippen molar-refractivity contribution in [3.05, 3.63) is 60.2 Å². The van der Waals surface area contributed by atoms with Crippen molar-refractivity contribution in [1.29, 1.82) is 0 Å². The fourth-order valence-corrected chi connectivity index (χ4v) is 4.67. The molecule has 1 heterocycles. The monoisotopic (exact) mass is 429 g/mol. The molecule has 0 N–H and O–H groups in total. The Kier molecular flexibility index (Phi) is 6.81. The maximum Gasteiger partial charge on any atom is 0.573 e. The second-order valence-corrected chi connectivity index (χ2v) is 8.81. The normalized spacial score (nSPS) is 16.7. The molecule has 0 aromatic heterocycles. The van der Waals surface area contributed by atoms with Gasteiger partial charge in [-0.1, -0.05) is 30.3 Å². The molecule has 0 saturated carbocycles. The number of hydrogen-bond acceptors (Lipinski definition) is 4. The van der Waals surface area contributed by atoms with Crippen molar-refractivity contribution in [1.82, 2.24) is 4.31 Å². The molecule has 2 aromatic rings. The Hall–Kier alpha value is -2.10. The zero-order chi connectivity index (χ0) is 20.9. The number of sulfonamides is 1. The Morgan fingerprint density at radius 1 is 0.966 bits per heavy atom. The molecule has 5 nitrogen and oxygen atoms in total.